The van der Waals surface area contributed by atoms with Crippen molar-refractivity contribution >= 4 is 44.0 Å². The number of aromatic nitrogens is 2. The van der Waals surface area contributed by atoms with Crippen molar-refractivity contribution in [3.8, 4) is 0 Å². The summed E-state index contributed by atoms with van der Waals surface area (Å²) in [5.74, 6) is -0.00984. The number of nitrogens with zero attached hydrogens (tertiary/aromatic N) is 3. The molecule has 7 nitrogen and oxygen atoms in total. The molecule has 0 aliphatic carbocycles. The Labute approximate surface area is 156 Å². The highest BCUT2D eigenvalue weighted by Gasteiger charge is 2.20. The molecule has 0 radical (unpaired) electrons. The molecule has 1 amide bonds. The number of amides is 1. The Morgan fingerprint density at radius 2 is 2.08 bits per heavy atom. The molecule has 0 fully saturated rings. The largest absolute Gasteiger partial charge is 0.343 e. The number of likely N-dealkylation sites (N-methyl/N-ethyl adjacent to an activating group) is 1. The van der Waals surface area contributed by atoms with Crippen molar-refractivity contribution in [2.45, 2.75) is 32.1 Å². The Morgan fingerprint density at radius 1 is 1.36 bits per heavy atom. The second kappa shape index (κ2) is 8.11. The van der Waals surface area contributed by atoms with Crippen LogP contribution in [-0.4, -0.2) is 42.5 Å². The summed E-state index contributed by atoms with van der Waals surface area (Å²) < 4.78 is 27.4. The van der Waals surface area contributed by atoms with Crippen molar-refractivity contribution in [2.75, 3.05) is 17.8 Å². The number of carbonyl (C=O) groups is 1. The standard InChI is InChI=1S/C15H19ClN4O3S2/c1-4-20(11(3)21)9-8-14-17-18-15(24-14)19-25(22,23)13-7-5-6-12(16)10(13)2/h5-7H,4,8-9H2,1-3H3,(H,18,19). The number of benzene rings is 1. The van der Waals surface area contributed by atoms with E-state index in [9.17, 15) is 13.2 Å². The van der Waals surface area contributed by atoms with Crippen LogP contribution in [0, 0.1) is 6.92 Å². The SMILES string of the molecule is CCN(CCc1nnc(NS(=O)(=O)c2cccc(Cl)c2C)s1)C(C)=O. The van der Waals surface area contributed by atoms with Crippen LogP contribution in [0.4, 0.5) is 5.13 Å². The zero-order valence-electron chi connectivity index (χ0n) is 14.1. The van der Waals surface area contributed by atoms with E-state index in [0.29, 0.717) is 35.1 Å². The van der Waals surface area contributed by atoms with Crippen molar-refractivity contribution in [1.82, 2.24) is 15.1 Å². The van der Waals surface area contributed by atoms with E-state index in [0.717, 1.165) is 11.3 Å². The van der Waals surface area contributed by atoms with E-state index < -0.39 is 10.0 Å². The van der Waals surface area contributed by atoms with E-state index in [2.05, 4.69) is 14.9 Å². The Morgan fingerprint density at radius 3 is 2.72 bits per heavy atom. The molecule has 2 aromatic rings. The lowest BCUT2D eigenvalue weighted by atomic mass is 10.2. The van der Waals surface area contributed by atoms with Crippen LogP contribution < -0.4 is 4.72 Å². The Balaban J connectivity index is 2.10. The van der Waals surface area contributed by atoms with Crippen LogP contribution in [0.3, 0.4) is 0 Å². The maximum Gasteiger partial charge on any atom is 0.264 e. The topological polar surface area (TPSA) is 92.3 Å². The first-order valence-corrected chi connectivity index (χ1v) is 10.3. The molecule has 1 aromatic heterocycles. The molecule has 0 atom stereocenters. The molecule has 0 bridgehead atoms. The number of sulfonamides is 1. The average Bonchev–Trinajstić information content (AvgIpc) is 2.96. The monoisotopic (exact) mass is 402 g/mol. The highest BCUT2D eigenvalue weighted by molar-refractivity contribution is 7.93. The van der Waals surface area contributed by atoms with E-state index in [1.165, 1.54) is 13.0 Å². The summed E-state index contributed by atoms with van der Waals surface area (Å²) in [6, 6.07) is 4.70. The van der Waals surface area contributed by atoms with E-state index in [-0.39, 0.29) is 15.9 Å². The summed E-state index contributed by atoms with van der Waals surface area (Å²) in [4.78, 5) is 13.2. The second-order valence-electron chi connectivity index (χ2n) is 5.32. The molecule has 0 spiro atoms. The minimum absolute atomic E-state index is 0.00984. The summed E-state index contributed by atoms with van der Waals surface area (Å²) in [7, 11) is -3.79. The van der Waals surface area contributed by atoms with Gasteiger partial charge in [0.15, 0.2) is 0 Å². The van der Waals surface area contributed by atoms with Crippen LogP contribution in [0.5, 0.6) is 0 Å². The van der Waals surface area contributed by atoms with E-state index in [1.54, 1.807) is 24.0 Å². The minimum Gasteiger partial charge on any atom is -0.343 e. The number of rotatable bonds is 7. The van der Waals surface area contributed by atoms with Gasteiger partial charge in [0.1, 0.15) is 5.01 Å². The molecule has 0 saturated carbocycles. The van der Waals surface area contributed by atoms with Gasteiger partial charge in [-0.1, -0.05) is 29.0 Å². The van der Waals surface area contributed by atoms with Gasteiger partial charge in [-0.25, -0.2) is 8.42 Å². The fourth-order valence-corrected chi connectivity index (χ4v) is 4.67. The van der Waals surface area contributed by atoms with Crippen LogP contribution in [0.25, 0.3) is 0 Å². The van der Waals surface area contributed by atoms with Gasteiger partial charge >= 0.3 is 0 Å². The highest BCUT2D eigenvalue weighted by Crippen LogP contribution is 2.26. The first-order valence-electron chi connectivity index (χ1n) is 7.60. The predicted molar refractivity (Wildman–Crippen MR) is 98.5 cm³/mol. The first kappa shape index (κ1) is 19.6. The molecule has 25 heavy (non-hydrogen) atoms. The van der Waals surface area contributed by atoms with E-state index in [1.807, 2.05) is 6.92 Å². The second-order valence-corrected chi connectivity index (χ2v) is 8.44. The van der Waals surface area contributed by atoms with Gasteiger partial charge in [0.05, 0.1) is 4.90 Å². The van der Waals surface area contributed by atoms with Crippen molar-refractivity contribution in [2.24, 2.45) is 0 Å². The van der Waals surface area contributed by atoms with Crippen molar-refractivity contribution < 1.29 is 13.2 Å². The molecule has 0 aliphatic rings. The Kier molecular flexibility index (Phi) is 6.36. The van der Waals surface area contributed by atoms with Gasteiger partial charge in [0, 0.05) is 31.5 Å². The molecule has 10 heteroatoms. The lowest BCUT2D eigenvalue weighted by Crippen LogP contribution is -2.30. The Bertz CT molecular complexity index is 867. The van der Waals surface area contributed by atoms with Crippen molar-refractivity contribution in [1.29, 1.82) is 0 Å². The van der Waals surface area contributed by atoms with Crippen molar-refractivity contribution in [3.63, 3.8) is 0 Å². The molecule has 1 aromatic carbocycles. The van der Waals surface area contributed by atoms with E-state index >= 15 is 0 Å². The summed E-state index contributed by atoms with van der Waals surface area (Å²) in [5, 5.41) is 9.06. The molecule has 0 unspecified atom stereocenters. The zero-order valence-corrected chi connectivity index (χ0v) is 16.5. The zero-order chi connectivity index (χ0) is 18.6. The third kappa shape index (κ3) is 4.90. The number of hydrogen-bond acceptors (Lipinski definition) is 6. The summed E-state index contributed by atoms with van der Waals surface area (Å²) in [6.45, 7) is 6.18. The Hall–Kier alpha value is -1.71. The summed E-state index contributed by atoms with van der Waals surface area (Å²) >= 11 is 7.13. The predicted octanol–water partition coefficient (Wildman–Crippen LogP) is 2.71. The highest BCUT2D eigenvalue weighted by atomic mass is 35.5. The molecule has 2 rings (SSSR count). The lowest BCUT2D eigenvalue weighted by Gasteiger charge is -2.17. The number of anilines is 1. The minimum atomic E-state index is -3.79. The summed E-state index contributed by atoms with van der Waals surface area (Å²) in [6.07, 6.45) is 0.517. The van der Waals surface area contributed by atoms with Gasteiger partial charge in [-0.3, -0.25) is 9.52 Å². The quantitative estimate of drug-likeness (QED) is 0.768. The maximum atomic E-state index is 12.5. The van der Waals surface area contributed by atoms with Crippen LogP contribution in [0.15, 0.2) is 23.1 Å². The van der Waals surface area contributed by atoms with Gasteiger partial charge in [-0.15, -0.1) is 10.2 Å². The number of hydrogen-bond donors (Lipinski definition) is 1. The molecule has 136 valence electrons. The molecule has 1 heterocycles. The van der Waals surface area contributed by atoms with Gasteiger partial charge in [0.2, 0.25) is 11.0 Å². The molecule has 0 aliphatic heterocycles. The lowest BCUT2D eigenvalue weighted by molar-refractivity contribution is -0.128. The third-order valence-corrected chi connectivity index (χ3v) is 6.54. The fourth-order valence-electron chi connectivity index (χ4n) is 2.21. The van der Waals surface area contributed by atoms with Crippen LogP contribution in [0.2, 0.25) is 5.02 Å². The fraction of sp³-hybridized carbons (Fsp3) is 0.400. The summed E-state index contributed by atoms with van der Waals surface area (Å²) in [5.41, 5.74) is 0.474. The van der Waals surface area contributed by atoms with Crippen LogP contribution in [0.1, 0.15) is 24.4 Å². The molecular weight excluding hydrogens is 384 g/mol. The number of carbonyl (C=O) groups excluding carboxylic acids is 1. The van der Waals surface area contributed by atoms with Gasteiger partial charge in [0.25, 0.3) is 10.0 Å². The van der Waals surface area contributed by atoms with Gasteiger partial charge < -0.3 is 4.90 Å². The molecular formula is C15H19ClN4O3S2. The van der Waals surface area contributed by atoms with Crippen LogP contribution >= 0.6 is 22.9 Å². The average molecular weight is 403 g/mol. The maximum absolute atomic E-state index is 12.5. The van der Waals surface area contributed by atoms with E-state index in [4.69, 9.17) is 11.6 Å². The number of halogens is 1. The van der Waals surface area contributed by atoms with Gasteiger partial charge in [-0.2, -0.15) is 0 Å². The first-order chi connectivity index (χ1) is 11.7. The van der Waals surface area contributed by atoms with Crippen molar-refractivity contribution in [3.05, 3.63) is 33.8 Å². The number of nitrogens with one attached hydrogen (secondary N) is 1. The molecule has 1 N–H and O–H groups in total. The normalized spacial score (nSPS) is 11.4. The van der Waals surface area contributed by atoms with Crippen LogP contribution in [-0.2, 0) is 21.2 Å². The smallest absolute Gasteiger partial charge is 0.264 e. The van der Waals surface area contributed by atoms with Gasteiger partial charge in [-0.05, 0) is 31.5 Å². The third-order valence-electron chi connectivity index (χ3n) is 3.62. The molecule has 0 saturated heterocycles.